The maximum absolute atomic E-state index is 4.27. The van der Waals surface area contributed by atoms with Crippen molar-refractivity contribution in [3.63, 3.8) is 0 Å². The van der Waals surface area contributed by atoms with Crippen molar-refractivity contribution < 1.29 is 0 Å². The Balaban J connectivity index is 2.04. The van der Waals surface area contributed by atoms with Gasteiger partial charge in [0.2, 0.25) is 0 Å². The van der Waals surface area contributed by atoms with Crippen molar-refractivity contribution in [2.45, 2.75) is 26.8 Å². The van der Waals surface area contributed by atoms with Crippen LogP contribution in [0.2, 0.25) is 0 Å². The number of aromatic nitrogens is 2. The third-order valence-electron chi connectivity index (χ3n) is 2.79. The molecule has 1 rings (SSSR count). The van der Waals surface area contributed by atoms with E-state index in [1.807, 2.05) is 17.9 Å². The van der Waals surface area contributed by atoms with Gasteiger partial charge in [0, 0.05) is 19.8 Å². The lowest BCUT2D eigenvalue weighted by molar-refractivity contribution is 0.298. The van der Waals surface area contributed by atoms with Gasteiger partial charge in [-0.1, -0.05) is 13.8 Å². The Bertz CT molecular complexity index is 278. The van der Waals surface area contributed by atoms with Crippen LogP contribution in [0.15, 0.2) is 12.5 Å². The van der Waals surface area contributed by atoms with E-state index in [4.69, 9.17) is 0 Å². The number of nitrogens with zero attached hydrogens (tertiary/aromatic N) is 3. The van der Waals surface area contributed by atoms with Crippen LogP contribution in [0.1, 0.15) is 26.0 Å². The van der Waals surface area contributed by atoms with E-state index >= 15 is 0 Å². The van der Waals surface area contributed by atoms with Crippen molar-refractivity contribution in [2.24, 2.45) is 7.05 Å². The lowest BCUT2D eigenvalue weighted by Crippen LogP contribution is -2.27. The first kappa shape index (κ1) is 13.2. The summed E-state index contributed by atoms with van der Waals surface area (Å²) in [6.07, 6.45) is 5.10. The number of aryl methyl sites for hydroxylation is 1. The Morgan fingerprint density at radius 2 is 2.12 bits per heavy atom. The van der Waals surface area contributed by atoms with Crippen molar-refractivity contribution in [1.29, 1.82) is 0 Å². The van der Waals surface area contributed by atoms with Crippen molar-refractivity contribution in [3.8, 4) is 0 Å². The van der Waals surface area contributed by atoms with E-state index < -0.39 is 0 Å². The second kappa shape index (κ2) is 7.41. The second-order valence-corrected chi connectivity index (χ2v) is 4.09. The Hall–Kier alpha value is -0.870. The molecule has 0 spiro atoms. The molecule has 0 aromatic carbocycles. The van der Waals surface area contributed by atoms with Crippen molar-refractivity contribution in [1.82, 2.24) is 19.8 Å². The average Bonchev–Trinajstić information content (AvgIpc) is 2.70. The molecule has 0 bridgehead atoms. The molecular weight excluding hydrogens is 200 g/mol. The van der Waals surface area contributed by atoms with Gasteiger partial charge in [-0.25, -0.2) is 4.98 Å². The number of imidazole rings is 1. The van der Waals surface area contributed by atoms with Gasteiger partial charge in [-0.15, -0.1) is 0 Å². The molecule has 4 heteroatoms. The Morgan fingerprint density at radius 3 is 2.69 bits per heavy atom. The van der Waals surface area contributed by atoms with Crippen molar-refractivity contribution in [2.75, 3.05) is 26.2 Å². The molecule has 1 heterocycles. The van der Waals surface area contributed by atoms with Gasteiger partial charge >= 0.3 is 0 Å². The molecule has 0 saturated carbocycles. The van der Waals surface area contributed by atoms with E-state index in [2.05, 4.69) is 35.2 Å². The fourth-order valence-electron chi connectivity index (χ4n) is 1.74. The van der Waals surface area contributed by atoms with Gasteiger partial charge in [-0.2, -0.15) is 0 Å². The third-order valence-corrected chi connectivity index (χ3v) is 2.79. The molecule has 0 saturated heterocycles. The Labute approximate surface area is 98.7 Å². The van der Waals surface area contributed by atoms with E-state index in [1.165, 1.54) is 13.0 Å². The highest BCUT2D eigenvalue weighted by Crippen LogP contribution is 1.93. The molecule has 4 nitrogen and oxygen atoms in total. The van der Waals surface area contributed by atoms with E-state index in [1.54, 1.807) is 0 Å². The summed E-state index contributed by atoms with van der Waals surface area (Å²) in [4.78, 5) is 6.72. The van der Waals surface area contributed by atoms with Crippen LogP contribution in [0.3, 0.4) is 0 Å². The molecule has 0 amide bonds. The molecule has 1 aromatic rings. The van der Waals surface area contributed by atoms with E-state index in [9.17, 15) is 0 Å². The lowest BCUT2D eigenvalue weighted by Gasteiger charge is -2.17. The van der Waals surface area contributed by atoms with Gasteiger partial charge in [0.15, 0.2) is 0 Å². The smallest absolute Gasteiger partial charge is 0.0947 e. The first-order valence-electron chi connectivity index (χ1n) is 6.16. The second-order valence-electron chi connectivity index (χ2n) is 4.09. The van der Waals surface area contributed by atoms with E-state index in [0.29, 0.717) is 0 Å². The van der Waals surface area contributed by atoms with Crippen LogP contribution in [-0.2, 0) is 13.6 Å². The van der Waals surface area contributed by atoms with Crippen molar-refractivity contribution in [3.05, 3.63) is 18.2 Å². The summed E-state index contributed by atoms with van der Waals surface area (Å²) in [7, 11) is 2.00. The Kier molecular flexibility index (Phi) is 6.11. The average molecular weight is 224 g/mol. The fourth-order valence-corrected chi connectivity index (χ4v) is 1.74. The molecule has 0 fully saturated rings. The number of nitrogens with one attached hydrogen (secondary N) is 1. The summed E-state index contributed by atoms with van der Waals surface area (Å²) in [5, 5.41) is 3.42. The summed E-state index contributed by atoms with van der Waals surface area (Å²) in [6.45, 7) is 9.84. The largest absolute Gasteiger partial charge is 0.340 e. The quantitative estimate of drug-likeness (QED) is 0.675. The minimum Gasteiger partial charge on any atom is -0.340 e. The third kappa shape index (κ3) is 4.77. The van der Waals surface area contributed by atoms with Crippen molar-refractivity contribution >= 4 is 0 Å². The summed E-state index contributed by atoms with van der Waals surface area (Å²) in [6, 6.07) is 0. The molecule has 0 atom stereocenters. The van der Waals surface area contributed by atoms with Gasteiger partial charge in [-0.3, -0.25) is 0 Å². The van der Waals surface area contributed by atoms with Crippen LogP contribution in [0.5, 0.6) is 0 Å². The molecule has 92 valence electrons. The summed E-state index contributed by atoms with van der Waals surface area (Å²) in [5.41, 5.74) is 1.12. The van der Waals surface area contributed by atoms with E-state index in [0.717, 1.165) is 31.9 Å². The van der Waals surface area contributed by atoms with Gasteiger partial charge in [0.25, 0.3) is 0 Å². The first-order chi connectivity index (χ1) is 7.76. The van der Waals surface area contributed by atoms with Crippen LogP contribution < -0.4 is 5.32 Å². The maximum atomic E-state index is 4.27. The normalized spacial score (nSPS) is 11.2. The van der Waals surface area contributed by atoms with Gasteiger partial charge in [0.1, 0.15) is 0 Å². The SMILES string of the molecule is CCN(CC)CCCNCc1cn(C)cn1. The van der Waals surface area contributed by atoms with Crippen LogP contribution in [0.4, 0.5) is 0 Å². The number of rotatable bonds is 8. The van der Waals surface area contributed by atoms with E-state index in [-0.39, 0.29) is 0 Å². The molecule has 16 heavy (non-hydrogen) atoms. The van der Waals surface area contributed by atoms with Crippen LogP contribution >= 0.6 is 0 Å². The number of hydrogen-bond acceptors (Lipinski definition) is 3. The maximum Gasteiger partial charge on any atom is 0.0947 e. The van der Waals surface area contributed by atoms with Gasteiger partial charge in [-0.05, 0) is 32.6 Å². The summed E-state index contributed by atoms with van der Waals surface area (Å²) < 4.78 is 1.98. The predicted octanol–water partition coefficient (Wildman–Crippen LogP) is 1.24. The zero-order valence-corrected chi connectivity index (χ0v) is 10.7. The minimum absolute atomic E-state index is 0.874. The number of hydrogen-bond donors (Lipinski definition) is 1. The lowest BCUT2D eigenvalue weighted by atomic mass is 10.3. The first-order valence-corrected chi connectivity index (χ1v) is 6.16. The molecule has 1 N–H and O–H groups in total. The molecule has 0 aliphatic heterocycles. The van der Waals surface area contributed by atoms with Gasteiger partial charge < -0.3 is 14.8 Å². The minimum atomic E-state index is 0.874. The molecular formula is C12H24N4. The van der Waals surface area contributed by atoms with Crippen LogP contribution in [0, 0.1) is 0 Å². The molecule has 0 aliphatic carbocycles. The highest BCUT2D eigenvalue weighted by molar-refractivity contribution is 4.95. The van der Waals surface area contributed by atoms with Crippen LogP contribution in [0.25, 0.3) is 0 Å². The summed E-state index contributed by atoms with van der Waals surface area (Å²) >= 11 is 0. The monoisotopic (exact) mass is 224 g/mol. The predicted molar refractivity (Wildman–Crippen MR) is 67.3 cm³/mol. The highest BCUT2D eigenvalue weighted by Gasteiger charge is 1.98. The van der Waals surface area contributed by atoms with Crippen LogP contribution in [-0.4, -0.2) is 40.6 Å². The summed E-state index contributed by atoms with van der Waals surface area (Å²) in [5.74, 6) is 0. The fraction of sp³-hybridized carbons (Fsp3) is 0.750. The molecule has 0 radical (unpaired) electrons. The van der Waals surface area contributed by atoms with Gasteiger partial charge in [0.05, 0.1) is 12.0 Å². The Morgan fingerprint density at radius 1 is 1.38 bits per heavy atom. The zero-order chi connectivity index (χ0) is 11.8. The molecule has 1 aromatic heterocycles. The zero-order valence-electron chi connectivity index (χ0n) is 10.7. The highest BCUT2D eigenvalue weighted by atomic mass is 15.1. The standard InChI is InChI=1S/C12H24N4/c1-4-16(5-2)8-6-7-13-9-12-10-15(3)11-14-12/h10-11,13H,4-9H2,1-3H3. The molecule has 0 unspecified atom stereocenters. The molecule has 0 aliphatic rings. The topological polar surface area (TPSA) is 33.1 Å².